The third kappa shape index (κ3) is 4.90. The monoisotopic (exact) mass is 400 g/mol. The highest BCUT2D eigenvalue weighted by Crippen LogP contribution is 2.21. The van der Waals surface area contributed by atoms with Gasteiger partial charge in [0.05, 0.1) is 17.9 Å². The Hall–Kier alpha value is -3.42. The Morgan fingerprint density at radius 3 is 2.38 bits per heavy atom. The van der Waals surface area contributed by atoms with Crippen LogP contribution in [0.5, 0.6) is 0 Å². The largest absolute Gasteiger partial charge is 0.461 e. The number of Topliss-reactive ketones (excluding diaryl/α,β-unsaturated/α-hetero) is 1. The van der Waals surface area contributed by atoms with E-state index < -0.39 is 23.9 Å². The van der Waals surface area contributed by atoms with Crippen molar-refractivity contribution in [2.45, 2.75) is 40.7 Å². The zero-order valence-electron chi connectivity index (χ0n) is 17.0. The van der Waals surface area contributed by atoms with Crippen LogP contribution in [0.3, 0.4) is 0 Å². The minimum Gasteiger partial charge on any atom is -0.461 e. The minimum absolute atomic E-state index is 0.170. The fourth-order valence-electron chi connectivity index (χ4n) is 2.87. The molecule has 1 atom stereocenters. The van der Waals surface area contributed by atoms with Crippen LogP contribution >= 0.6 is 0 Å². The van der Waals surface area contributed by atoms with Crippen LogP contribution in [0.4, 0.5) is 5.69 Å². The van der Waals surface area contributed by atoms with Gasteiger partial charge in [-0.25, -0.2) is 9.59 Å². The zero-order chi connectivity index (χ0) is 21.7. The van der Waals surface area contributed by atoms with Gasteiger partial charge in [0.15, 0.2) is 11.9 Å². The summed E-state index contributed by atoms with van der Waals surface area (Å²) in [5.41, 5.74) is 1.87. The SMILES string of the molecule is CCOC(=O)c1[nH]c(C)c(C(=O)O[C@H](C)C(=O)Nc2ccccc2C(C)=O)c1C. The van der Waals surface area contributed by atoms with Crippen LogP contribution in [-0.4, -0.2) is 41.3 Å². The molecule has 0 fully saturated rings. The van der Waals surface area contributed by atoms with Gasteiger partial charge in [-0.05, 0) is 52.3 Å². The molecule has 2 aromatic rings. The van der Waals surface area contributed by atoms with Crippen molar-refractivity contribution in [2.75, 3.05) is 11.9 Å². The molecular weight excluding hydrogens is 376 g/mol. The van der Waals surface area contributed by atoms with E-state index in [9.17, 15) is 19.2 Å². The predicted octanol–water partition coefficient (Wildman–Crippen LogP) is 3.19. The number of amides is 1. The number of H-pyrrole nitrogens is 1. The van der Waals surface area contributed by atoms with E-state index in [0.717, 1.165) is 0 Å². The standard InChI is InChI=1S/C21H24N2O6/c1-6-28-21(27)18-11(2)17(12(3)22-18)20(26)29-14(5)19(25)23-16-10-8-7-9-15(16)13(4)24/h7-10,14,22H,6H2,1-5H3,(H,23,25)/t14-/m1/s1. The number of ketones is 1. The van der Waals surface area contributed by atoms with Crippen molar-refractivity contribution in [2.24, 2.45) is 0 Å². The summed E-state index contributed by atoms with van der Waals surface area (Å²) in [5, 5.41) is 2.60. The first-order valence-electron chi connectivity index (χ1n) is 9.15. The highest BCUT2D eigenvalue weighted by molar-refractivity contribution is 6.05. The van der Waals surface area contributed by atoms with Crippen molar-refractivity contribution in [3.8, 4) is 0 Å². The maximum absolute atomic E-state index is 12.6. The summed E-state index contributed by atoms with van der Waals surface area (Å²) in [6, 6.07) is 6.56. The summed E-state index contributed by atoms with van der Waals surface area (Å²) in [4.78, 5) is 51.5. The summed E-state index contributed by atoms with van der Waals surface area (Å²) in [7, 11) is 0. The molecule has 8 nitrogen and oxygen atoms in total. The smallest absolute Gasteiger partial charge is 0.355 e. The van der Waals surface area contributed by atoms with Crippen LogP contribution in [-0.2, 0) is 14.3 Å². The van der Waals surface area contributed by atoms with Gasteiger partial charge in [0, 0.05) is 11.3 Å². The molecule has 0 radical (unpaired) electrons. The van der Waals surface area contributed by atoms with Gasteiger partial charge in [-0.3, -0.25) is 9.59 Å². The zero-order valence-corrected chi connectivity index (χ0v) is 17.0. The number of aryl methyl sites for hydroxylation is 1. The summed E-state index contributed by atoms with van der Waals surface area (Å²) in [6.45, 7) is 7.93. The molecule has 0 saturated heterocycles. The number of carbonyl (C=O) groups excluding carboxylic acids is 4. The molecule has 0 aliphatic heterocycles. The average molecular weight is 400 g/mol. The molecule has 0 aliphatic rings. The molecule has 0 aliphatic carbocycles. The second-order valence-corrected chi connectivity index (χ2v) is 6.48. The Kier molecular flexibility index (Phi) is 6.93. The summed E-state index contributed by atoms with van der Waals surface area (Å²) < 4.78 is 10.2. The maximum atomic E-state index is 12.6. The van der Waals surface area contributed by atoms with E-state index in [1.807, 2.05) is 0 Å². The summed E-state index contributed by atoms with van der Waals surface area (Å²) in [6.07, 6.45) is -1.12. The van der Waals surface area contributed by atoms with E-state index in [1.165, 1.54) is 13.8 Å². The van der Waals surface area contributed by atoms with Crippen molar-refractivity contribution < 1.29 is 28.7 Å². The van der Waals surface area contributed by atoms with Gasteiger partial charge in [0.25, 0.3) is 5.91 Å². The lowest BCUT2D eigenvalue weighted by molar-refractivity contribution is -0.123. The number of carbonyl (C=O) groups is 4. The maximum Gasteiger partial charge on any atom is 0.355 e. The number of nitrogens with one attached hydrogen (secondary N) is 2. The van der Waals surface area contributed by atoms with Crippen LogP contribution in [0.2, 0.25) is 0 Å². The van der Waals surface area contributed by atoms with Crippen LogP contribution < -0.4 is 5.32 Å². The Morgan fingerprint density at radius 1 is 1.10 bits per heavy atom. The minimum atomic E-state index is -1.12. The molecule has 154 valence electrons. The molecule has 0 saturated carbocycles. The van der Waals surface area contributed by atoms with Crippen LogP contribution in [0.1, 0.15) is 63.2 Å². The molecule has 1 aromatic heterocycles. The molecule has 2 N–H and O–H groups in total. The second kappa shape index (κ2) is 9.18. The van der Waals surface area contributed by atoms with Gasteiger partial charge < -0.3 is 19.8 Å². The third-order valence-electron chi connectivity index (χ3n) is 4.34. The van der Waals surface area contributed by atoms with E-state index in [2.05, 4.69) is 10.3 Å². The van der Waals surface area contributed by atoms with Gasteiger partial charge in [-0.15, -0.1) is 0 Å². The van der Waals surface area contributed by atoms with Gasteiger partial charge in [-0.2, -0.15) is 0 Å². The molecule has 0 bridgehead atoms. The molecule has 1 aromatic carbocycles. The van der Waals surface area contributed by atoms with Crippen molar-refractivity contribution in [1.82, 2.24) is 4.98 Å². The topological polar surface area (TPSA) is 115 Å². The van der Waals surface area contributed by atoms with Gasteiger partial charge in [0.1, 0.15) is 5.69 Å². The van der Waals surface area contributed by atoms with E-state index in [1.54, 1.807) is 45.0 Å². The molecular formula is C21H24N2O6. The summed E-state index contributed by atoms with van der Waals surface area (Å²) >= 11 is 0. The fraction of sp³-hybridized carbons (Fsp3) is 0.333. The van der Waals surface area contributed by atoms with E-state index in [4.69, 9.17) is 9.47 Å². The van der Waals surface area contributed by atoms with Crippen molar-refractivity contribution in [1.29, 1.82) is 0 Å². The van der Waals surface area contributed by atoms with Gasteiger partial charge in [-0.1, -0.05) is 12.1 Å². The van der Waals surface area contributed by atoms with Crippen LogP contribution in [0, 0.1) is 13.8 Å². The number of aromatic nitrogens is 1. The van der Waals surface area contributed by atoms with E-state index >= 15 is 0 Å². The first-order valence-corrected chi connectivity index (χ1v) is 9.15. The van der Waals surface area contributed by atoms with Gasteiger partial charge in [0.2, 0.25) is 0 Å². The van der Waals surface area contributed by atoms with Crippen molar-refractivity contribution in [3.63, 3.8) is 0 Å². The summed E-state index contributed by atoms with van der Waals surface area (Å²) in [5.74, 6) is -2.09. The first-order chi connectivity index (χ1) is 13.7. The van der Waals surface area contributed by atoms with Crippen molar-refractivity contribution in [3.05, 3.63) is 52.3 Å². The lowest BCUT2D eigenvalue weighted by Gasteiger charge is -2.15. The number of para-hydroxylation sites is 1. The van der Waals surface area contributed by atoms with Crippen LogP contribution in [0.25, 0.3) is 0 Å². The Morgan fingerprint density at radius 2 is 1.76 bits per heavy atom. The number of ether oxygens (including phenoxy) is 2. The Balaban J connectivity index is 2.14. The number of hydrogen-bond acceptors (Lipinski definition) is 6. The molecule has 8 heteroatoms. The van der Waals surface area contributed by atoms with Crippen LogP contribution in [0.15, 0.2) is 24.3 Å². The lowest BCUT2D eigenvalue weighted by Crippen LogP contribution is -2.30. The fourth-order valence-corrected chi connectivity index (χ4v) is 2.87. The molecule has 0 unspecified atom stereocenters. The number of rotatable bonds is 7. The normalized spacial score (nSPS) is 11.5. The lowest BCUT2D eigenvalue weighted by atomic mass is 10.1. The molecule has 1 heterocycles. The average Bonchev–Trinajstić information content (AvgIpc) is 2.96. The van der Waals surface area contributed by atoms with E-state index in [-0.39, 0.29) is 23.6 Å². The number of benzene rings is 1. The molecule has 2 rings (SSSR count). The van der Waals surface area contributed by atoms with E-state index in [0.29, 0.717) is 22.5 Å². The molecule has 29 heavy (non-hydrogen) atoms. The molecule has 1 amide bonds. The third-order valence-corrected chi connectivity index (χ3v) is 4.34. The Labute approximate surface area is 168 Å². The molecule has 0 spiro atoms. The first kappa shape index (κ1) is 21.9. The Bertz CT molecular complexity index is 960. The predicted molar refractivity (Wildman–Crippen MR) is 106 cm³/mol. The quantitative estimate of drug-likeness (QED) is 0.545. The number of esters is 2. The highest BCUT2D eigenvalue weighted by Gasteiger charge is 2.27. The number of aromatic amines is 1. The number of anilines is 1. The second-order valence-electron chi connectivity index (χ2n) is 6.48. The number of hydrogen-bond donors (Lipinski definition) is 2. The van der Waals surface area contributed by atoms with Crippen molar-refractivity contribution >= 4 is 29.3 Å². The highest BCUT2D eigenvalue weighted by atomic mass is 16.5. The van der Waals surface area contributed by atoms with Gasteiger partial charge >= 0.3 is 11.9 Å².